The Balaban J connectivity index is 1.95. The van der Waals surface area contributed by atoms with Gasteiger partial charge in [-0.25, -0.2) is 0 Å². The topological polar surface area (TPSA) is 15.3 Å². The molecule has 112 valence electrons. The summed E-state index contributed by atoms with van der Waals surface area (Å²) in [7, 11) is 2.25. The number of nitrogens with zero attached hydrogens (tertiary/aromatic N) is 1. The summed E-state index contributed by atoms with van der Waals surface area (Å²) < 4.78 is 0. The van der Waals surface area contributed by atoms with Crippen molar-refractivity contribution in [1.82, 2.24) is 10.2 Å². The first-order valence-corrected chi connectivity index (χ1v) is 8.11. The molecule has 0 spiro atoms. The Morgan fingerprint density at radius 3 is 2.16 bits per heavy atom. The van der Waals surface area contributed by atoms with Gasteiger partial charge in [0, 0.05) is 18.6 Å². The lowest BCUT2D eigenvalue weighted by atomic mass is 9.63. The van der Waals surface area contributed by atoms with Crippen molar-refractivity contribution in [3.05, 3.63) is 0 Å². The Hall–Kier alpha value is -0.0800. The summed E-state index contributed by atoms with van der Waals surface area (Å²) in [6, 6.07) is 1.44. The van der Waals surface area contributed by atoms with Gasteiger partial charge >= 0.3 is 0 Å². The lowest BCUT2D eigenvalue weighted by Gasteiger charge is -2.47. The fourth-order valence-corrected chi connectivity index (χ4v) is 4.87. The van der Waals surface area contributed by atoms with E-state index >= 15 is 0 Å². The Bertz CT molecular complexity index is 292. The van der Waals surface area contributed by atoms with Gasteiger partial charge in [-0.05, 0) is 56.0 Å². The van der Waals surface area contributed by atoms with E-state index in [1.165, 1.54) is 38.8 Å². The predicted octanol–water partition coefficient (Wildman–Crippen LogP) is 3.52. The highest BCUT2D eigenvalue weighted by Crippen LogP contribution is 2.45. The van der Waals surface area contributed by atoms with Crippen LogP contribution < -0.4 is 5.32 Å². The van der Waals surface area contributed by atoms with Gasteiger partial charge in [-0.15, -0.1) is 0 Å². The highest BCUT2D eigenvalue weighted by Gasteiger charge is 2.39. The van der Waals surface area contributed by atoms with E-state index in [9.17, 15) is 0 Å². The summed E-state index contributed by atoms with van der Waals surface area (Å²) in [5, 5.41) is 4.01. The second kappa shape index (κ2) is 5.37. The fraction of sp³-hybridized carbons (Fsp3) is 1.00. The van der Waals surface area contributed by atoms with Gasteiger partial charge in [0.1, 0.15) is 0 Å². The zero-order valence-electron chi connectivity index (χ0n) is 13.9. The van der Waals surface area contributed by atoms with E-state index in [1.807, 2.05) is 0 Å². The molecule has 0 bridgehead atoms. The van der Waals surface area contributed by atoms with Gasteiger partial charge < -0.3 is 10.2 Å². The lowest BCUT2D eigenvalue weighted by molar-refractivity contribution is 0.0672. The Morgan fingerprint density at radius 1 is 1.05 bits per heavy atom. The van der Waals surface area contributed by atoms with Gasteiger partial charge in [-0.3, -0.25) is 0 Å². The lowest BCUT2D eigenvalue weighted by Crippen LogP contribution is -2.53. The van der Waals surface area contributed by atoms with E-state index in [0.717, 1.165) is 18.0 Å². The number of hydrogen-bond acceptors (Lipinski definition) is 2. The van der Waals surface area contributed by atoms with Crippen LogP contribution >= 0.6 is 0 Å². The van der Waals surface area contributed by atoms with Crippen molar-refractivity contribution >= 4 is 0 Å². The summed E-state index contributed by atoms with van der Waals surface area (Å²) in [5.74, 6) is 0.784. The monoisotopic (exact) mass is 266 g/mol. The summed E-state index contributed by atoms with van der Waals surface area (Å²) >= 11 is 0. The van der Waals surface area contributed by atoms with Crippen LogP contribution in [0.25, 0.3) is 0 Å². The average Bonchev–Trinajstić information content (AvgIpc) is 2.17. The van der Waals surface area contributed by atoms with E-state index in [4.69, 9.17) is 0 Å². The van der Waals surface area contributed by atoms with E-state index < -0.39 is 0 Å². The van der Waals surface area contributed by atoms with Crippen LogP contribution in [-0.4, -0.2) is 37.1 Å². The SMILES string of the molecule is CC1CN(C)CCC1NC1CC(C)(C)CC(C)(C)C1. The molecular formula is C17H34N2. The largest absolute Gasteiger partial charge is 0.311 e. The van der Waals surface area contributed by atoms with Crippen LogP contribution in [0.3, 0.4) is 0 Å². The summed E-state index contributed by atoms with van der Waals surface area (Å²) in [4.78, 5) is 2.47. The van der Waals surface area contributed by atoms with Crippen LogP contribution in [0.15, 0.2) is 0 Å². The van der Waals surface area contributed by atoms with Gasteiger partial charge in [0.05, 0.1) is 0 Å². The van der Waals surface area contributed by atoms with Gasteiger partial charge in [-0.1, -0.05) is 34.6 Å². The molecular weight excluding hydrogens is 232 g/mol. The van der Waals surface area contributed by atoms with E-state index in [-0.39, 0.29) is 0 Å². The standard InChI is InChI=1S/C17H34N2/c1-13-11-19(6)8-7-15(13)18-14-9-16(2,3)12-17(4,5)10-14/h13-15,18H,7-12H2,1-6H3. The van der Waals surface area contributed by atoms with Crippen molar-refractivity contribution in [3.63, 3.8) is 0 Å². The van der Waals surface area contributed by atoms with Gasteiger partial charge in [-0.2, -0.15) is 0 Å². The van der Waals surface area contributed by atoms with Crippen LogP contribution in [0, 0.1) is 16.7 Å². The molecule has 0 radical (unpaired) electrons. The maximum atomic E-state index is 4.01. The van der Waals surface area contributed by atoms with E-state index in [0.29, 0.717) is 10.8 Å². The van der Waals surface area contributed by atoms with E-state index in [1.54, 1.807) is 0 Å². The Kier molecular flexibility index (Phi) is 4.32. The Morgan fingerprint density at radius 2 is 1.63 bits per heavy atom. The first kappa shape index (κ1) is 15.3. The molecule has 2 unspecified atom stereocenters. The van der Waals surface area contributed by atoms with Gasteiger partial charge in [0.25, 0.3) is 0 Å². The summed E-state index contributed by atoms with van der Waals surface area (Å²) in [6.45, 7) is 14.7. The molecule has 2 nitrogen and oxygen atoms in total. The first-order valence-electron chi connectivity index (χ1n) is 8.11. The second-order valence-electron chi connectivity index (χ2n) is 8.91. The molecule has 0 aromatic rings. The third-order valence-corrected chi connectivity index (χ3v) is 5.11. The molecule has 1 heterocycles. The molecule has 2 aliphatic rings. The number of piperidine rings is 1. The number of rotatable bonds is 2. The smallest absolute Gasteiger partial charge is 0.0120 e. The van der Waals surface area contributed by atoms with Crippen LogP contribution in [0.5, 0.6) is 0 Å². The molecule has 2 atom stereocenters. The normalized spacial score (nSPS) is 36.3. The highest BCUT2D eigenvalue weighted by molar-refractivity contribution is 4.94. The summed E-state index contributed by atoms with van der Waals surface area (Å²) in [6.07, 6.45) is 5.36. The third-order valence-electron chi connectivity index (χ3n) is 5.11. The molecule has 19 heavy (non-hydrogen) atoms. The van der Waals surface area contributed by atoms with Crippen molar-refractivity contribution in [2.24, 2.45) is 16.7 Å². The molecule has 2 heteroatoms. The van der Waals surface area contributed by atoms with Crippen molar-refractivity contribution in [1.29, 1.82) is 0 Å². The average molecular weight is 266 g/mol. The molecule has 2 fully saturated rings. The van der Waals surface area contributed by atoms with Crippen LogP contribution in [-0.2, 0) is 0 Å². The fourth-order valence-electron chi connectivity index (χ4n) is 4.87. The maximum Gasteiger partial charge on any atom is 0.0120 e. The minimum absolute atomic E-state index is 0.494. The van der Waals surface area contributed by atoms with E-state index in [2.05, 4.69) is 51.9 Å². The van der Waals surface area contributed by atoms with Crippen molar-refractivity contribution in [2.45, 2.75) is 72.4 Å². The van der Waals surface area contributed by atoms with Crippen molar-refractivity contribution in [3.8, 4) is 0 Å². The molecule has 0 amide bonds. The minimum atomic E-state index is 0.494. The molecule has 1 aliphatic carbocycles. The van der Waals surface area contributed by atoms with Crippen LogP contribution in [0.4, 0.5) is 0 Å². The third kappa shape index (κ3) is 4.19. The molecule has 2 rings (SSSR count). The Labute approximate surface area is 120 Å². The number of likely N-dealkylation sites (tertiary alicyclic amines) is 1. The molecule has 1 saturated heterocycles. The highest BCUT2D eigenvalue weighted by atomic mass is 15.1. The van der Waals surface area contributed by atoms with Crippen LogP contribution in [0.1, 0.15) is 60.3 Å². The molecule has 0 aromatic heterocycles. The van der Waals surface area contributed by atoms with Crippen molar-refractivity contribution < 1.29 is 0 Å². The molecule has 1 N–H and O–H groups in total. The molecule has 1 aliphatic heterocycles. The quantitative estimate of drug-likeness (QED) is 0.822. The van der Waals surface area contributed by atoms with Gasteiger partial charge in [0.2, 0.25) is 0 Å². The zero-order valence-corrected chi connectivity index (χ0v) is 13.9. The van der Waals surface area contributed by atoms with Crippen molar-refractivity contribution in [2.75, 3.05) is 20.1 Å². The van der Waals surface area contributed by atoms with Gasteiger partial charge in [0.15, 0.2) is 0 Å². The predicted molar refractivity (Wildman–Crippen MR) is 83.4 cm³/mol. The maximum absolute atomic E-state index is 4.01. The zero-order chi connectivity index (χ0) is 14.3. The van der Waals surface area contributed by atoms with Crippen LogP contribution in [0.2, 0.25) is 0 Å². The number of nitrogens with one attached hydrogen (secondary N) is 1. The first-order chi connectivity index (χ1) is 8.67. The summed E-state index contributed by atoms with van der Waals surface area (Å²) in [5.41, 5.74) is 0.988. The second-order valence-corrected chi connectivity index (χ2v) is 8.91. The molecule has 1 saturated carbocycles. The minimum Gasteiger partial charge on any atom is -0.311 e. The number of hydrogen-bond donors (Lipinski definition) is 1. The molecule has 0 aromatic carbocycles.